The van der Waals surface area contributed by atoms with Crippen LogP contribution in [0.5, 0.6) is 0 Å². The van der Waals surface area contributed by atoms with Crippen molar-refractivity contribution >= 4 is 11.3 Å². The van der Waals surface area contributed by atoms with E-state index in [1.54, 1.807) is 0 Å². The van der Waals surface area contributed by atoms with Crippen molar-refractivity contribution < 1.29 is 48.3 Å². The van der Waals surface area contributed by atoms with Crippen molar-refractivity contribution in [2.75, 3.05) is 13.6 Å². The maximum Gasteiger partial charge on any atom is 0.460 e. The van der Waals surface area contributed by atoms with Crippen molar-refractivity contribution in [2.24, 2.45) is 0 Å². The molecule has 0 aliphatic carbocycles. The number of halogens is 9. The molecule has 0 heterocycles. The van der Waals surface area contributed by atoms with E-state index >= 15 is 0 Å². The minimum atomic E-state index is -6.94. The summed E-state index contributed by atoms with van der Waals surface area (Å²) in [7, 11) is 0.701. The normalized spacial score (nSPS) is 16.6. The van der Waals surface area contributed by atoms with Crippen LogP contribution in [0, 0.1) is 0 Å². The van der Waals surface area contributed by atoms with Gasteiger partial charge in [-0.2, -0.15) is 39.5 Å². The summed E-state index contributed by atoms with van der Waals surface area (Å²) >= 11 is -2.86. The van der Waals surface area contributed by atoms with E-state index in [9.17, 15) is 43.7 Å². The van der Waals surface area contributed by atoms with Gasteiger partial charge in [-0.3, -0.25) is 4.55 Å². The fourth-order valence-electron chi connectivity index (χ4n) is 0.941. The Hall–Kier alpha value is -0.560. The van der Waals surface area contributed by atoms with Crippen molar-refractivity contribution in [3.05, 3.63) is 0 Å². The van der Waals surface area contributed by atoms with Crippen LogP contribution < -0.4 is 0 Å². The van der Waals surface area contributed by atoms with E-state index < -0.39 is 48.2 Å². The number of alkyl halides is 9. The lowest BCUT2D eigenvalue weighted by Gasteiger charge is -2.34. The molecule has 122 valence electrons. The van der Waals surface area contributed by atoms with Crippen LogP contribution in [0.2, 0.25) is 0 Å². The summed E-state index contributed by atoms with van der Waals surface area (Å²) in [6.45, 7) is -1.31. The quantitative estimate of drug-likeness (QED) is 0.596. The van der Waals surface area contributed by atoms with Gasteiger partial charge in [0.2, 0.25) is 11.3 Å². The van der Waals surface area contributed by atoms with Crippen LogP contribution >= 0.6 is 0 Å². The van der Waals surface area contributed by atoms with Crippen LogP contribution in [-0.4, -0.2) is 50.6 Å². The molecule has 3 nitrogen and oxygen atoms in total. The number of hydrogen-bond donors (Lipinski definition) is 1. The number of nitrogens with zero attached hydrogens (tertiary/aromatic N) is 1. The van der Waals surface area contributed by atoms with Gasteiger partial charge < -0.3 is 0 Å². The lowest BCUT2D eigenvalue weighted by atomic mass is 10.0. The molecule has 0 rings (SSSR count). The highest BCUT2D eigenvalue weighted by Gasteiger charge is 2.81. The van der Waals surface area contributed by atoms with Crippen molar-refractivity contribution in [1.29, 1.82) is 0 Å². The molecule has 0 radical (unpaired) electrons. The summed E-state index contributed by atoms with van der Waals surface area (Å²) in [6.07, 6.45) is -9.04. The van der Waals surface area contributed by atoms with Crippen molar-refractivity contribution in [3.8, 4) is 0 Å². The Morgan fingerprint density at radius 3 is 1.65 bits per heavy atom. The van der Waals surface area contributed by atoms with E-state index in [4.69, 9.17) is 4.55 Å². The molecule has 1 atom stereocenters. The molecule has 0 aliphatic rings. The Balaban J connectivity index is 5.22. The zero-order valence-electron chi connectivity index (χ0n) is 9.53. The molecule has 0 saturated heterocycles. The molecule has 0 aliphatic heterocycles. The highest BCUT2D eigenvalue weighted by atomic mass is 32.2. The lowest BCUT2D eigenvalue weighted by molar-refractivity contribution is -0.396. The third-order valence-corrected chi connectivity index (χ3v) is 2.93. The van der Waals surface area contributed by atoms with Crippen LogP contribution in [-0.2, 0) is 11.3 Å². The summed E-state index contributed by atoms with van der Waals surface area (Å²) in [6, 6.07) is 0. The van der Waals surface area contributed by atoms with E-state index in [1.807, 2.05) is 0 Å². The first-order chi connectivity index (χ1) is 8.58. The third kappa shape index (κ3) is 3.55. The van der Waals surface area contributed by atoms with E-state index in [0.29, 0.717) is 7.05 Å². The topological polar surface area (TPSA) is 40.5 Å². The van der Waals surface area contributed by atoms with Crippen LogP contribution in [0.25, 0.3) is 0 Å². The summed E-state index contributed by atoms with van der Waals surface area (Å²) < 4.78 is 130. The fourth-order valence-corrected chi connectivity index (χ4v) is 1.19. The van der Waals surface area contributed by atoms with Gasteiger partial charge in [0.25, 0.3) is 0 Å². The molecule has 13 heteroatoms. The molecule has 0 spiro atoms. The van der Waals surface area contributed by atoms with E-state index in [0.717, 1.165) is 0 Å². The zero-order valence-corrected chi connectivity index (χ0v) is 10.3. The van der Waals surface area contributed by atoms with Gasteiger partial charge >= 0.3 is 23.9 Å². The monoisotopic (exact) mass is 341 g/mol. The van der Waals surface area contributed by atoms with Crippen molar-refractivity contribution in [3.63, 3.8) is 0 Å². The predicted octanol–water partition coefficient (Wildman–Crippen LogP) is 2.91. The Labute approximate surface area is 109 Å². The number of hydrogen-bond acceptors (Lipinski definition) is 1. The van der Waals surface area contributed by atoms with Crippen LogP contribution in [0.3, 0.4) is 0 Å². The second-order valence-electron chi connectivity index (χ2n) is 3.68. The Kier molecular flexibility index (Phi) is 5.52. The predicted molar refractivity (Wildman–Crippen MR) is 48.9 cm³/mol. The molecule has 0 saturated carbocycles. The maximum absolute atomic E-state index is 12.9. The molecular weight excluding hydrogens is 333 g/mol. The SMILES string of the molecule is CN(CCC(F)(F)C(F)(F)C(F)(F)C(F)(F)F)S(=O)O. The van der Waals surface area contributed by atoms with Crippen LogP contribution in [0.15, 0.2) is 0 Å². The van der Waals surface area contributed by atoms with E-state index in [1.165, 1.54) is 0 Å². The second kappa shape index (κ2) is 5.67. The second-order valence-corrected chi connectivity index (χ2v) is 4.77. The summed E-state index contributed by atoms with van der Waals surface area (Å²) in [4.78, 5) is 0. The van der Waals surface area contributed by atoms with Gasteiger partial charge in [-0.1, -0.05) is 0 Å². The first-order valence-electron chi connectivity index (χ1n) is 4.60. The van der Waals surface area contributed by atoms with Crippen molar-refractivity contribution in [2.45, 2.75) is 30.4 Å². The van der Waals surface area contributed by atoms with Crippen LogP contribution in [0.4, 0.5) is 39.5 Å². The Bertz CT molecular complexity index is 370. The third-order valence-electron chi connectivity index (χ3n) is 2.22. The number of rotatable bonds is 6. The lowest BCUT2D eigenvalue weighted by Crippen LogP contribution is -2.61. The van der Waals surface area contributed by atoms with Gasteiger partial charge in [-0.05, 0) is 0 Å². The Morgan fingerprint density at radius 1 is 0.950 bits per heavy atom. The molecule has 0 amide bonds. The van der Waals surface area contributed by atoms with E-state index in [-0.39, 0.29) is 4.31 Å². The highest BCUT2D eigenvalue weighted by Crippen LogP contribution is 2.53. The average Bonchev–Trinajstić information content (AvgIpc) is 2.23. The van der Waals surface area contributed by atoms with Gasteiger partial charge in [0, 0.05) is 20.0 Å². The highest BCUT2D eigenvalue weighted by molar-refractivity contribution is 7.76. The molecule has 0 aromatic rings. The molecule has 0 bridgehead atoms. The molecule has 0 aromatic carbocycles. The maximum atomic E-state index is 12.9. The minimum Gasteiger partial charge on any atom is -0.294 e. The van der Waals surface area contributed by atoms with Crippen LogP contribution in [0.1, 0.15) is 6.42 Å². The fraction of sp³-hybridized carbons (Fsp3) is 1.00. The minimum absolute atomic E-state index is 0.149. The molecule has 0 fully saturated rings. The Morgan fingerprint density at radius 2 is 1.35 bits per heavy atom. The summed E-state index contributed by atoms with van der Waals surface area (Å²) in [5.41, 5.74) is 0. The van der Waals surface area contributed by atoms with E-state index in [2.05, 4.69) is 0 Å². The zero-order chi connectivity index (χ0) is 16.6. The molecule has 20 heavy (non-hydrogen) atoms. The molecule has 1 unspecified atom stereocenters. The summed E-state index contributed by atoms with van der Waals surface area (Å²) in [5.74, 6) is -19.4. The smallest absolute Gasteiger partial charge is 0.294 e. The first-order valence-corrected chi connectivity index (χ1v) is 5.66. The van der Waals surface area contributed by atoms with Gasteiger partial charge in [0.15, 0.2) is 0 Å². The average molecular weight is 341 g/mol. The summed E-state index contributed by atoms with van der Waals surface area (Å²) in [5, 5.41) is 0. The van der Waals surface area contributed by atoms with Gasteiger partial charge in [-0.25, -0.2) is 8.51 Å². The largest absolute Gasteiger partial charge is 0.460 e. The van der Waals surface area contributed by atoms with Gasteiger partial charge in [-0.15, -0.1) is 0 Å². The molecule has 0 aromatic heterocycles. The van der Waals surface area contributed by atoms with Gasteiger partial charge in [0.05, 0.1) is 0 Å². The van der Waals surface area contributed by atoms with Gasteiger partial charge in [0.1, 0.15) is 0 Å². The molecular formula is C7H8F9NO2S. The standard InChI is InChI=1S/C7H8F9NO2S/c1-17(20(18)19)3-2-4(8,9)5(10,11)6(12,13)7(14,15)16/h2-3H2,1H3,(H,18,19). The first kappa shape index (κ1) is 19.4. The van der Waals surface area contributed by atoms with Crippen molar-refractivity contribution in [1.82, 2.24) is 4.31 Å². The molecule has 1 N–H and O–H groups in total.